The van der Waals surface area contributed by atoms with E-state index >= 15 is 0 Å². The van der Waals surface area contributed by atoms with Crippen molar-refractivity contribution in [2.45, 2.75) is 6.54 Å². The van der Waals surface area contributed by atoms with Gasteiger partial charge in [0.15, 0.2) is 11.5 Å². The molecule has 3 aromatic rings. The summed E-state index contributed by atoms with van der Waals surface area (Å²) in [5.41, 5.74) is 3.17. The van der Waals surface area contributed by atoms with Gasteiger partial charge < -0.3 is 9.47 Å². The molecule has 0 unspecified atom stereocenters. The predicted octanol–water partition coefficient (Wildman–Crippen LogP) is 4.74. The first kappa shape index (κ1) is 17.5. The first-order chi connectivity index (χ1) is 12.8. The highest BCUT2D eigenvalue weighted by atomic mass is 16.5. The zero-order valence-corrected chi connectivity index (χ0v) is 15.0. The van der Waals surface area contributed by atoms with Crippen molar-refractivity contribution in [1.29, 1.82) is 0 Å². The van der Waals surface area contributed by atoms with Gasteiger partial charge in [0, 0.05) is 0 Å². The van der Waals surface area contributed by atoms with Crippen LogP contribution in [0.1, 0.15) is 11.1 Å². The average molecular weight is 346 g/mol. The van der Waals surface area contributed by atoms with Gasteiger partial charge in [0.2, 0.25) is 0 Å². The van der Waals surface area contributed by atoms with Gasteiger partial charge in [-0.3, -0.25) is 5.01 Å². The summed E-state index contributed by atoms with van der Waals surface area (Å²) in [6, 6.07) is 26.2. The van der Waals surface area contributed by atoms with Gasteiger partial charge in [-0.25, -0.2) is 0 Å². The van der Waals surface area contributed by atoms with E-state index in [1.54, 1.807) is 14.2 Å². The Morgan fingerprint density at radius 1 is 0.808 bits per heavy atom. The fourth-order valence-electron chi connectivity index (χ4n) is 2.62. The van der Waals surface area contributed by atoms with Crippen LogP contribution in [-0.4, -0.2) is 20.4 Å². The van der Waals surface area contributed by atoms with Crippen molar-refractivity contribution in [2.24, 2.45) is 5.10 Å². The first-order valence-electron chi connectivity index (χ1n) is 8.42. The van der Waals surface area contributed by atoms with Crippen molar-refractivity contribution < 1.29 is 9.47 Å². The molecule has 4 heteroatoms. The SMILES string of the molecule is COc1ccc(/C=N/N(Cc2ccccc2)c2ccccc2)cc1OC. The van der Waals surface area contributed by atoms with Crippen molar-refractivity contribution >= 4 is 11.9 Å². The third kappa shape index (κ3) is 4.42. The van der Waals surface area contributed by atoms with Crippen LogP contribution >= 0.6 is 0 Å². The number of nitrogens with zero attached hydrogens (tertiary/aromatic N) is 2. The minimum Gasteiger partial charge on any atom is -0.493 e. The van der Waals surface area contributed by atoms with Crippen molar-refractivity contribution in [1.82, 2.24) is 0 Å². The van der Waals surface area contributed by atoms with E-state index in [1.807, 2.05) is 65.8 Å². The monoisotopic (exact) mass is 346 g/mol. The van der Waals surface area contributed by atoms with Crippen molar-refractivity contribution in [3.05, 3.63) is 90.0 Å². The summed E-state index contributed by atoms with van der Waals surface area (Å²) in [6.07, 6.45) is 1.83. The van der Waals surface area contributed by atoms with E-state index in [0.29, 0.717) is 18.0 Å². The summed E-state index contributed by atoms with van der Waals surface area (Å²) in [7, 11) is 3.26. The number of para-hydroxylation sites is 1. The molecule has 0 amide bonds. The predicted molar refractivity (Wildman–Crippen MR) is 106 cm³/mol. The molecular weight excluding hydrogens is 324 g/mol. The highest BCUT2D eigenvalue weighted by molar-refractivity contribution is 5.81. The zero-order valence-electron chi connectivity index (χ0n) is 15.0. The Bertz CT molecular complexity index is 849. The Kier molecular flexibility index (Phi) is 5.88. The van der Waals surface area contributed by atoms with Gasteiger partial charge in [-0.15, -0.1) is 0 Å². The Labute approximate surface area is 154 Å². The molecule has 3 rings (SSSR count). The van der Waals surface area contributed by atoms with Crippen molar-refractivity contribution in [3.63, 3.8) is 0 Å². The quantitative estimate of drug-likeness (QED) is 0.457. The van der Waals surface area contributed by atoms with Gasteiger partial charge in [-0.2, -0.15) is 5.10 Å². The van der Waals surface area contributed by atoms with E-state index in [9.17, 15) is 0 Å². The van der Waals surface area contributed by atoms with E-state index in [2.05, 4.69) is 24.3 Å². The summed E-state index contributed by atoms with van der Waals surface area (Å²) in [5, 5.41) is 6.68. The van der Waals surface area contributed by atoms with E-state index in [1.165, 1.54) is 5.56 Å². The van der Waals surface area contributed by atoms with Gasteiger partial charge >= 0.3 is 0 Å². The second-order valence-corrected chi connectivity index (χ2v) is 5.74. The molecule has 0 N–H and O–H groups in total. The maximum Gasteiger partial charge on any atom is 0.161 e. The van der Waals surface area contributed by atoms with E-state index < -0.39 is 0 Å². The van der Waals surface area contributed by atoms with Crippen molar-refractivity contribution in [2.75, 3.05) is 19.2 Å². The summed E-state index contributed by atoms with van der Waals surface area (Å²) in [4.78, 5) is 0. The Morgan fingerprint density at radius 3 is 2.12 bits per heavy atom. The van der Waals surface area contributed by atoms with Gasteiger partial charge in [0.05, 0.1) is 32.7 Å². The number of ether oxygens (including phenoxy) is 2. The van der Waals surface area contributed by atoms with Crippen LogP contribution in [-0.2, 0) is 6.54 Å². The highest BCUT2D eigenvalue weighted by Gasteiger charge is 2.07. The van der Waals surface area contributed by atoms with Crippen LogP contribution < -0.4 is 14.5 Å². The number of hydrogen-bond donors (Lipinski definition) is 0. The normalized spacial score (nSPS) is 10.7. The lowest BCUT2D eigenvalue weighted by Gasteiger charge is -2.19. The number of hydrazone groups is 1. The maximum atomic E-state index is 5.36. The molecule has 0 aliphatic carbocycles. The average Bonchev–Trinajstić information content (AvgIpc) is 2.72. The van der Waals surface area contributed by atoms with Crippen LogP contribution in [0.3, 0.4) is 0 Å². The molecule has 0 atom stereocenters. The fraction of sp³-hybridized carbons (Fsp3) is 0.136. The lowest BCUT2D eigenvalue weighted by molar-refractivity contribution is 0.355. The van der Waals surface area contributed by atoms with Gasteiger partial charge in [-0.05, 0) is 41.5 Å². The standard InChI is InChI=1S/C22H22N2O2/c1-25-21-14-13-19(15-22(21)26-2)16-23-24(20-11-7-4-8-12-20)17-18-9-5-3-6-10-18/h3-16H,17H2,1-2H3/b23-16+. The maximum absolute atomic E-state index is 5.36. The van der Waals surface area contributed by atoms with Crippen LogP contribution in [0.5, 0.6) is 11.5 Å². The zero-order chi connectivity index (χ0) is 18.2. The van der Waals surface area contributed by atoms with E-state index in [0.717, 1.165) is 11.3 Å². The molecule has 0 saturated heterocycles. The van der Waals surface area contributed by atoms with Crippen LogP contribution in [0.25, 0.3) is 0 Å². The second kappa shape index (κ2) is 8.72. The van der Waals surface area contributed by atoms with Crippen LogP contribution in [0, 0.1) is 0 Å². The number of hydrogen-bond acceptors (Lipinski definition) is 4. The molecule has 26 heavy (non-hydrogen) atoms. The molecule has 0 spiro atoms. The summed E-state index contributed by atoms with van der Waals surface area (Å²) in [5.74, 6) is 1.39. The largest absolute Gasteiger partial charge is 0.493 e. The number of methoxy groups -OCH3 is 2. The minimum absolute atomic E-state index is 0.686. The lowest BCUT2D eigenvalue weighted by Crippen LogP contribution is -2.16. The fourth-order valence-corrected chi connectivity index (χ4v) is 2.62. The Morgan fingerprint density at radius 2 is 1.46 bits per heavy atom. The summed E-state index contributed by atoms with van der Waals surface area (Å²) < 4.78 is 10.6. The second-order valence-electron chi connectivity index (χ2n) is 5.74. The van der Waals surface area contributed by atoms with Gasteiger partial charge in [0.1, 0.15) is 0 Å². The molecule has 0 radical (unpaired) electrons. The number of rotatable bonds is 7. The molecule has 132 valence electrons. The van der Waals surface area contributed by atoms with Gasteiger partial charge in [0.25, 0.3) is 0 Å². The molecule has 4 nitrogen and oxygen atoms in total. The molecule has 3 aromatic carbocycles. The number of anilines is 1. The summed E-state index contributed by atoms with van der Waals surface area (Å²) >= 11 is 0. The van der Waals surface area contributed by atoms with Gasteiger partial charge in [-0.1, -0.05) is 48.5 Å². The molecule has 0 bridgehead atoms. The molecule has 0 aliphatic rings. The smallest absolute Gasteiger partial charge is 0.161 e. The third-order valence-corrected chi connectivity index (χ3v) is 3.98. The minimum atomic E-state index is 0.686. The highest BCUT2D eigenvalue weighted by Crippen LogP contribution is 2.27. The molecule has 0 saturated carbocycles. The Balaban J connectivity index is 1.86. The molecule has 0 aliphatic heterocycles. The first-order valence-corrected chi connectivity index (χ1v) is 8.42. The molecular formula is C22H22N2O2. The third-order valence-electron chi connectivity index (χ3n) is 3.98. The van der Waals surface area contributed by atoms with Crippen LogP contribution in [0.4, 0.5) is 5.69 Å². The summed E-state index contributed by atoms with van der Waals surface area (Å²) in [6.45, 7) is 0.689. The number of benzene rings is 3. The van der Waals surface area contributed by atoms with Crippen LogP contribution in [0.2, 0.25) is 0 Å². The topological polar surface area (TPSA) is 34.1 Å². The molecule has 0 aromatic heterocycles. The van der Waals surface area contributed by atoms with E-state index in [-0.39, 0.29) is 0 Å². The van der Waals surface area contributed by atoms with Crippen molar-refractivity contribution in [3.8, 4) is 11.5 Å². The van der Waals surface area contributed by atoms with E-state index in [4.69, 9.17) is 14.6 Å². The molecule has 0 heterocycles. The Hall–Kier alpha value is -3.27. The molecule has 0 fully saturated rings. The van der Waals surface area contributed by atoms with Crippen LogP contribution in [0.15, 0.2) is 84.0 Å². The lowest BCUT2D eigenvalue weighted by atomic mass is 10.2.